The van der Waals surface area contributed by atoms with Crippen molar-refractivity contribution in [2.24, 2.45) is 0 Å². The molecule has 1 aromatic rings. The van der Waals surface area contributed by atoms with Gasteiger partial charge in [-0.05, 0) is 25.1 Å². The Balaban J connectivity index is 2.99. The molecule has 0 radical (unpaired) electrons. The summed E-state index contributed by atoms with van der Waals surface area (Å²) >= 11 is 5.80. The quantitative estimate of drug-likeness (QED) is 0.716. The minimum atomic E-state index is -4.16. The topological polar surface area (TPSA) is 105 Å². The van der Waals surface area contributed by atoms with Gasteiger partial charge in [0.15, 0.2) is 0 Å². The number of amides is 1. The zero-order chi connectivity index (χ0) is 15.9. The Morgan fingerprint density at radius 3 is 2.81 bits per heavy atom. The van der Waals surface area contributed by atoms with Crippen LogP contribution in [0.25, 0.3) is 0 Å². The van der Waals surface area contributed by atoms with E-state index in [9.17, 15) is 13.2 Å². The van der Waals surface area contributed by atoms with Gasteiger partial charge in [0, 0.05) is 5.02 Å². The first-order valence-electron chi connectivity index (χ1n) is 5.74. The molecule has 1 aromatic carbocycles. The van der Waals surface area contributed by atoms with Crippen LogP contribution in [0.5, 0.6) is 0 Å². The highest BCUT2D eigenvalue weighted by molar-refractivity contribution is 7.91. The van der Waals surface area contributed by atoms with Crippen molar-refractivity contribution in [3.05, 3.63) is 28.8 Å². The van der Waals surface area contributed by atoms with E-state index in [1.807, 2.05) is 0 Å². The molecule has 0 heterocycles. The summed E-state index contributed by atoms with van der Waals surface area (Å²) < 4.78 is 31.8. The first-order valence-corrected chi connectivity index (χ1v) is 7.60. The maximum Gasteiger partial charge on any atom is 0.422 e. The standard InChI is InChI=1S/C12H13ClN2O5S/c1-2-20-12(17)15-21(18,19)14-11-6-5-10(13)8-9(11)4-3-7-16/h5-6,8,14,16H,2,7H2,1H3,(H,15,17). The van der Waals surface area contributed by atoms with E-state index < -0.39 is 16.3 Å². The van der Waals surface area contributed by atoms with Crippen molar-refractivity contribution in [2.45, 2.75) is 6.92 Å². The molecule has 0 atom stereocenters. The van der Waals surface area contributed by atoms with Crippen molar-refractivity contribution in [3.63, 3.8) is 0 Å². The number of rotatable bonds is 4. The average Bonchev–Trinajstić information content (AvgIpc) is 2.38. The number of carbonyl (C=O) groups excluding carboxylic acids is 1. The molecule has 0 aliphatic heterocycles. The predicted molar refractivity (Wildman–Crippen MR) is 78.1 cm³/mol. The summed E-state index contributed by atoms with van der Waals surface area (Å²) in [5.41, 5.74) is 0.364. The Hall–Kier alpha value is -1.95. The number of hydrogen-bond donors (Lipinski definition) is 3. The second kappa shape index (κ2) is 7.73. The number of hydrogen-bond acceptors (Lipinski definition) is 5. The van der Waals surface area contributed by atoms with Crippen molar-refractivity contribution in [2.75, 3.05) is 17.9 Å². The number of ether oxygens (including phenoxy) is 1. The molecule has 7 nitrogen and oxygen atoms in total. The van der Waals surface area contributed by atoms with Gasteiger partial charge >= 0.3 is 16.3 Å². The molecule has 9 heteroatoms. The monoisotopic (exact) mass is 332 g/mol. The Morgan fingerprint density at radius 1 is 1.48 bits per heavy atom. The number of anilines is 1. The molecule has 21 heavy (non-hydrogen) atoms. The van der Waals surface area contributed by atoms with Crippen LogP contribution in [-0.4, -0.2) is 32.8 Å². The molecule has 0 saturated heterocycles. The van der Waals surface area contributed by atoms with Gasteiger partial charge in [-0.15, -0.1) is 0 Å². The van der Waals surface area contributed by atoms with E-state index in [1.165, 1.54) is 18.2 Å². The molecular formula is C12H13ClN2O5S. The minimum Gasteiger partial charge on any atom is -0.449 e. The van der Waals surface area contributed by atoms with Gasteiger partial charge in [-0.3, -0.25) is 4.72 Å². The highest BCUT2D eigenvalue weighted by atomic mass is 35.5. The maximum atomic E-state index is 11.7. The maximum absolute atomic E-state index is 11.7. The lowest BCUT2D eigenvalue weighted by molar-refractivity contribution is 0.159. The van der Waals surface area contributed by atoms with Crippen molar-refractivity contribution in [3.8, 4) is 11.8 Å². The van der Waals surface area contributed by atoms with Crippen molar-refractivity contribution >= 4 is 33.6 Å². The predicted octanol–water partition coefficient (Wildman–Crippen LogP) is 1.09. The van der Waals surface area contributed by atoms with Crippen molar-refractivity contribution in [1.82, 2.24) is 4.72 Å². The number of halogens is 1. The lowest BCUT2D eigenvalue weighted by atomic mass is 10.2. The molecule has 3 N–H and O–H groups in total. The first-order chi connectivity index (χ1) is 9.88. The highest BCUT2D eigenvalue weighted by Gasteiger charge is 2.16. The molecular weight excluding hydrogens is 320 g/mol. The van der Waals surface area contributed by atoms with Crippen LogP contribution in [0.15, 0.2) is 18.2 Å². The minimum absolute atomic E-state index is 0.0372. The molecule has 0 aliphatic rings. The lowest BCUT2D eigenvalue weighted by Gasteiger charge is -2.11. The number of aliphatic hydroxyl groups excluding tert-OH is 1. The zero-order valence-electron chi connectivity index (χ0n) is 11.0. The third-order valence-electron chi connectivity index (χ3n) is 2.02. The van der Waals surface area contributed by atoms with Gasteiger partial charge in [-0.2, -0.15) is 8.42 Å². The van der Waals surface area contributed by atoms with Gasteiger partial charge < -0.3 is 9.84 Å². The van der Waals surface area contributed by atoms with Gasteiger partial charge in [0.25, 0.3) is 0 Å². The van der Waals surface area contributed by atoms with E-state index in [4.69, 9.17) is 16.7 Å². The molecule has 0 saturated carbocycles. The van der Waals surface area contributed by atoms with Crippen LogP contribution in [0.2, 0.25) is 5.02 Å². The summed E-state index contributed by atoms with van der Waals surface area (Å²) in [6, 6.07) is 4.26. The molecule has 0 aliphatic carbocycles. The van der Waals surface area contributed by atoms with Crippen LogP contribution in [0.3, 0.4) is 0 Å². The molecule has 114 valence electrons. The molecule has 0 bridgehead atoms. The number of nitrogens with one attached hydrogen (secondary N) is 2. The van der Waals surface area contributed by atoms with Crippen LogP contribution in [-0.2, 0) is 14.9 Å². The molecule has 0 spiro atoms. The third kappa shape index (κ3) is 5.91. The first kappa shape index (κ1) is 17.1. The van der Waals surface area contributed by atoms with Crippen molar-refractivity contribution in [1.29, 1.82) is 0 Å². The number of aliphatic hydroxyl groups is 1. The second-order valence-electron chi connectivity index (χ2n) is 3.58. The summed E-state index contributed by atoms with van der Waals surface area (Å²) in [5.74, 6) is 4.93. The van der Waals surface area contributed by atoms with Gasteiger partial charge in [0.2, 0.25) is 0 Å². The number of carbonyl (C=O) groups is 1. The highest BCUT2D eigenvalue weighted by Crippen LogP contribution is 2.20. The molecule has 0 fully saturated rings. The van der Waals surface area contributed by atoms with Gasteiger partial charge in [0.05, 0.1) is 17.9 Å². The Kier molecular flexibility index (Phi) is 6.30. The molecule has 1 amide bonds. The molecule has 1 rings (SSSR count). The lowest BCUT2D eigenvalue weighted by Crippen LogP contribution is -2.35. The Bertz CT molecular complexity index is 679. The van der Waals surface area contributed by atoms with Gasteiger partial charge in [-0.1, -0.05) is 23.4 Å². The SMILES string of the molecule is CCOC(=O)NS(=O)(=O)Nc1ccc(Cl)cc1C#CCO. The summed E-state index contributed by atoms with van der Waals surface area (Å²) in [4.78, 5) is 11.1. The normalized spacial score (nSPS) is 10.2. The Labute approximate surface area is 127 Å². The average molecular weight is 333 g/mol. The van der Waals surface area contributed by atoms with Gasteiger partial charge in [-0.25, -0.2) is 9.52 Å². The van der Waals surface area contributed by atoms with Crippen LogP contribution < -0.4 is 9.44 Å². The Morgan fingerprint density at radius 2 is 2.19 bits per heavy atom. The van der Waals surface area contributed by atoms with Gasteiger partial charge in [0.1, 0.15) is 6.61 Å². The summed E-state index contributed by atoms with van der Waals surface area (Å²) in [6.07, 6.45) is -1.10. The van der Waals surface area contributed by atoms with Crippen LogP contribution >= 0.6 is 11.6 Å². The molecule has 0 aromatic heterocycles. The van der Waals surface area contributed by atoms with Crippen LogP contribution in [0.4, 0.5) is 10.5 Å². The van der Waals surface area contributed by atoms with E-state index in [2.05, 4.69) is 21.3 Å². The summed E-state index contributed by atoms with van der Waals surface area (Å²) in [6.45, 7) is 1.19. The fourth-order valence-electron chi connectivity index (χ4n) is 1.28. The van der Waals surface area contributed by atoms with Crippen LogP contribution in [0.1, 0.15) is 12.5 Å². The largest absolute Gasteiger partial charge is 0.449 e. The summed E-state index contributed by atoms with van der Waals surface area (Å²) in [5, 5.41) is 9.03. The van der Waals surface area contributed by atoms with Crippen molar-refractivity contribution < 1.29 is 23.1 Å². The van der Waals surface area contributed by atoms with E-state index >= 15 is 0 Å². The second-order valence-corrected chi connectivity index (χ2v) is 5.43. The van der Waals surface area contributed by atoms with E-state index in [-0.39, 0.29) is 24.5 Å². The fraction of sp³-hybridized carbons (Fsp3) is 0.250. The van der Waals surface area contributed by atoms with E-state index in [0.29, 0.717) is 5.02 Å². The fourth-order valence-corrected chi connectivity index (χ4v) is 2.25. The van der Waals surface area contributed by atoms with E-state index in [1.54, 1.807) is 11.6 Å². The zero-order valence-corrected chi connectivity index (χ0v) is 12.6. The van der Waals surface area contributed by atoms with Crippen LogP contribution in [0, 0.1) is 11.8 Å². The number of benzene rings is 1. The smallest absolute Gasteiger partial charge is 0.422 e. The third-order valence-corrected chi connectivity index (χ3v) is 3.18. The summed E-state index contributed by atoms with van der Waals surface area (Å²) in [7, 11) is -4.16. The van der Waals surface area contributed by atoms with E-state index in [0.717, 1.165) is 0 Å². The molecule has 0 unspecified atom stereocenters.